The molecule has 0 spiro atoms. The van der Waals surface area contributed by atoms with Gasteiger partial charge in [-0.15, -0.1) is 0 Å². The molecule has 0 saturated heterocycles. The van der Waals surface area contributed by atoms with E-state index in [1.54, 1.807) is 6.08 Å². The normalized spacial score (nSPS) is 11.4. The highest BCUT2D eigenvalue weighted by molar-refractivity contribution is 5.80. The molecule has 68 valence electrons. The Morgan fingerprint density at radius 1 is 1.31 bits per heavy atom. The fraction of sp³-hybridized carbons (Fsp3) is 0.250. The van der Waals surface area contributed by atoms with Crippen LogP contribution in [0.15, 0.2) is 30.3 Å². The summed E-state index contributed by atoms with van der Waals surface area (Å²) >= 11 is 0. The van der Waals surface area contributed by atoms with Gasteiger partial charge in [0.05, 0.1) is 0 Å². The van der Waals surface area contributed by atoms with Crippen molar-refractivity contribution < 1.29 is 4.79 Å². The molecule has 13 heavy (non-hydrogen) atoms. The maximum Gasteiger partial charge on any atom is 0.143 e. The van der Waals surface area contributed by atoms with E-state index in [0.29, 0.717) is 0 Å². The quantitative estimate of drug-likeness (QED) is 0.508. The van der Waals surface area contributed by atoms with Crippen LogP contribution in [0, 0.1) is 0 Å². The highest BCUT2D eigenvalue weighted by Gasteiger charge is 1.94. The van der Waals surface area contributed by atoms with Crippen LogP contribution < -0.4 is 0 Å². The molecule has 1 heteroatoms. The molecule has 0 radical (unpaired) electrons. The number of benzene rings is 1. The Morgan fingerprint density at radius 2 is 1.92 bits per heavy atom. The molecule has 0 aliphatic carbocycles. The summed E-state index contributed by atoms with van der Waals surface area (Å²) in [5.74, 6) is 0. The van der Waals surface area contributed by atoms with Crippen LogP contribution in [0.2, 0.25) is 0 Å². The highest BCUT2D eigenvalue weighted by Crippen LogP contribution is 2.13. The van der Waals surface area contributed by atoms with Crippen molar-refractivity contribution in [2.75, 3.05) is 0 Å². The van der Waals surface area contributed by atoms with Gasteiger partial charge in [-0.1, -0.05) is 31.2 Å². The standard InChI is InChI=1S/C12H14O/c1-3-11-4-6-12(7-5-11)10(2)8-9-13/h4-9H,3H2,1-2H3/b10-8+. The van der Waals surface area contributed by atoms with Crippen molar-refractivity contribution in [3.63, 3.8) is 0 Å². The molecule has 1 aromatic rings. The van der Waals surface area contributed by atoms with Crippen molar-refractivity contribution in [2.24, 2.45) is 0 Å². The summed E-state index contributed by atoms with van der Waals surface area (Å²) in [5.41, 5.74) is 3.45. The van der Waals surface area contributed by atoms with Crippen LogP contribution in [0.1, 0.15) is 25.0 Å². The summed E-state index contributed by atoms with van der Waals surface area (Å²) in [7, 11) is 0. The summed E-state index contributed by atoms with van der Waals surface area (Å²) < 4.78 is 0. The Bertz CT molecular complexity index is 306. The van der Waals surface area contributed by atoms with Gasteiger partial charge in [0.15, 0.2) is 0 Å². The van der Waals surface area contributed by atoms with E-state index in [0.717, 1.165) is 23.8 Å². The van der Waals surface area contributed by atoms with Crippen molar-refractivity contribution in [2.45, 2.75) is 20.3 Å². The first-order valence-corrected chi connectivity index (χ1v) is 4.49. The molecule has 0 N–H and O–H groups in total. The number of aryl methyl sites for hydroxylation is 1. The van der Waals surface area contributed by atoms with E-state index >= 15 is 0 Å². The van der Waals surface area contributed by atoms with Gasteiger partial charge in [0, 0.05) is 0 Å². The van der Waals surface area contributed by atoms with Crippen molar-refractivity contribution in [1.29, 1.82) is 0 Å². The molecule has 0 unspecified atom stereocenters. The van der Waals surface area contributed by atoms with Crippen LogP contribution in [0.3, 0.4) is 0 Å². The zero-order chi connectivity index (χ0) is 9.68. The number of hydrogen-bond donors (Lipinski definition) is 0. The van der Waals surface area contributed by atoms with E-state index in [1.165, 1.54) is 5.56 Å². The van der Waals surface area contributed by atoms with Crippen LogP contribution in [-0.2, 0) is 11.2 Å². The molecule has 0 aliphatic rings. The number of aldehydes is 1. The first kappa shape index (κ1) is 9.72. The minimum atomic E-state index is 0.822. The Kier molecular flexibility index (Phi) is 3.44. The van der Waals surface area contributed by atoms with Crippen molar-refractivity contribution in [3.05, 3.63) is 41.5 Å². The van der Waals surface area contributed by atoms with Gasteiger partial charge >= 0.3 is 0 Å². The summed E-state index contributed by atoms with van der Waals surface area (Å²) in [4.78, 5) is 10.2. The number of carbonyl (C=O) groups is 1. The fourth-order valence-corrected chi connectivity index (χ4v) is 1.20. The lowest BCUT2D eigenvalue weighted by Gasteiger charge is -2.01. The largest absolute Gasteiger partial charge is 0.299 e. The second kappa shape index (κ2) is 4.61. The number of carbonyl (C=O) groups excluding carboxylic acids is 1. The fourth-order valence-electron chi connectivity index (χ4n) is 1.20. The Morgan fingerprint density at radius 3 is 2.38 bits per heavy atom. The van der Waals surface area contributed by atoms with Crippen LogP contribution in [-0.4, -0.2) is 6.29 Å². The average molecular weight is 174 g/mol. The third-order valence-corrected chi connectivity index (χ3v) is 2.14. The summed E-state index contributed by atoms with van der Waals surface area (Å²) in [6.07, 6.45) is 3.46. The summed E-state index contributed by atoms with van der Waals surface area (Å²) in [6, 6.07) is 8.29. The van der Waals surface area contributed by atoms with Crippen LogP contribution in [0.5, 0.6) is 0 Å². The van der Waals surface area contributed by atoms with E-state index in [-0.39, 0.29) is 0 Å². The summed E-state index contributed by atoms with van der Waals surface area (Å²) in [6.45, 7) is 4.07. The van der Waals surface area contributed by atoms with Gasteiger partial charge in [-0.2, -0.15) is 0 Å². The van der Waals surface area contributed by atoms with Gasteiger partial charge in [-0.05, 0) is 36.1 Å². The molecule has 1 aromatic carbocycles. The Balaban J connectivity index is 2.91. The van der Waals surface area contributed by atoms with Gasteiger partial charge in [-0.25, -0.2) is 0 Å². The maximum atomic E-state index is 10.2. The second-order valence-corrected chi connectivity index (χ2v) is 3.04. The molecule has 1 nitrogen and oxygen atoms in total. The van der Waals surface area contributed by atoms with Gasteiger partial charge in [0.1, 0.15) is 6.29 Å². The lowest BCUT2D eigenvalue weighted by molar-refractivity contribution is -0.104. The maximum absolute atomic E-state index is 10.2. The first-order valence-electron chi connectivity index (χ1n) is 4.49. The van der Waals surface area contributed by atoms with E-state index in [1.807, 2.05) is 19.1 Å². The Hall–Kier alpha value is -1.37. The smallest absolute Gasteiger partial charge is 0.143 e. The van der Waals surface area contributed by atoms with Gasteiger partial charge in [-0.3, -0.25) is 4.79 Å². The van der Waals surface area contributed by atoms with E-state index in [9.17, 15) is 4.79 Å². The minimum Gasteiger partial charge on any atom is -0.299 e. The molecule has 0 atom stereocenters. The molecule has 0 bridgehead atoms. The van der Waals surface area contributed by atoms with Crippen molar-refractivity contribution >= 4 is 11.9 Å². The Labute approximate surface area is 79.1 Å². The predicted molar refractivity (Wildman–Crippen MR) is 55.5 cm³/mol. The predicted octanol–water partition coefficient (Wildman–Crippen LogP) is 2.85. The van der Waals surface area contributed by atoms with E-state index < -0.39 is 0 Å². The molecule has 0 amide bonds. The zero-order valence-corrected chi connectivity index (χ0v) is 8.08. The van der Waals surface area contributed by atoms with Gasteiger partial charge in [0.2, 0.25) is 0 Å². The lowest BCUT2D eigenvalue weighted by Crippen LogP contribution is -1.83. The molecule has 0 saturated carbocycles. The number of hydrogen-bond acceptors (Lipinski definition) is 1. The second-order valence-electron chi connectivity index (χ2n) is 3.04. The van der Waals surface area contributed by atoms with E-state index in [2.05, 4.69) is 19.1 Å². The highest BCUT2D eigenvalue weighted by atomic mass is 16.1. The molecular weight excluding hydrogens is 160 g/mol. The first-order chi connectivity index (χ1) is 6.27. The average Bonchev–Trinajstić information content (AvgIpc) is 2.18. The van der Waals surface area contributed by atoms with Crippen molar-refractivity contribution in [3.8, 4) is 0 Å². The van der Waals surface area contributed by atoms with Crippen LogP contribution >= 0.6 is 0 Å². The van der Waals surface area contributed by atoms with E-state index in [4.69, 9.17) is 0 Å². The third-order valence-electron chi connectivity index (χ3n) is 2.14. The van der Waals surface area contributed by atoms with Crippen LogP contribution in [0.25, 0.3) is 5.57 Å². The molecule has 1 rings (SSSR count). The molecule has 0 aliphatic heterocycles. The van der Waals surface area contributed by atoms with Crippen molar-refractivity contribution in [1.82, 2.24) is 0 Å². The minimum absolute atomic E-state index is 0.822. The van der Waals surface area contributed by atoms with Gasteiger partial charge in [0.25, 0.3) is 0 Å². The van der Waals surface area contributed by atoms with Gasteiger partial charge < -0.3 is 0 Å². The zero-order valence-electron chi connectivity index (χ0n) is 8.08. The number of allylic oxidation sites excluding steroid dienone is 2. The molecule has 0 heterocycles. The molecule has 0 aromatic heterocycles. The SMILES string of the molecule is CCc1ccc(/C(C)=C/C=O)cc1. The van der Waals surface area contributed by atoms with Crippen LogP contribution in [0.4, 0.5) is 0 Å². The molecule has 0 fully saturated rings. The molecular formula is C12H14O. The lowest BCUT2D eigenvalue weighted by atomic mass is 10.0. The number of rotatable bonds is 3. The summed E-state index contributed by atoms with van der Waals surface area (Å²) in [5, 5.41) is 0. The topological polar surface area (TPSA) is 17.1 Å². The monoisotopic (exact) mass is 174 g/mol. The third kappa shape index (κ3) is 2.55.